The molecule has 0 saturated carbocycles. The van der Waals surface area contributed by atoms with Crippen molar-refractivity contribution in [3.8, 4) is 0 Å². The van der Waals surface area contributed by atoms with Crippen LogP contribution in [-0.2, 0) is 0 Å². The normalized spacial score (nSPS) is 32.6. The Labute approximate surface area is 87.2 Å². The van der Waals surface area contributed by atoms with Crippen LogP contribution in [0.3, 0.4) is 0 Å². The van der Waals surface area contributed by atoms with Crippen LogP contribution < -0.4 is 0 Å². The highest BCUT2D eigenvalue weighted by Crippen LogP contribution is 2.39. The van der Waals surface area contributed by atoms with Gasteiger partial charge in [-0.3, -0.25) is 0 Å². The Morgan fingerprint density at radius 2 is 1.79 bits per heavy atom. The third kappa shape index (κ3) is 1.37. The predicted octanol–water partition coefficient (Wildman–Crippen LogP) is 3.46. The smallest absolute Gasteiger partial charge is 0.0289 e. The molecule has 0 bridgehead atoms. The van der Waals surface area contributed by atoms with E-state index in [9.17, 15) is 0 Å². The molecule has 0 aromatic rings. The van der Waals surface area contributed by atoms with Crippen LogP contribution in [0.2, 0.25) is 0 Å². The maximum absolute atomic E-state index is 2.78. The zero-order valence-corrected chi connectivity index (χ0v) is 9.10. The molecule has 2 aliphatic heterocycles. The molecule has 1 unspecified atom stereocenters. The molecular formula is C13H21N. The van der Waals surface area contributed by atoms with Crippen molar-refractivity contribution in [3.63, 3.8) is 0 Å². The molecule has 0 aromatic heterocycles. The van der Waals surface area contributed by atoms with Gasteiger partial charge in [0.15, 0.2) is 0 Å². The lowest BCUT2D eigenvalue weighted by atomic mass is 9.83. The van der Waals surface area contributed by atoms with Crippen LogP contribution in [0.4, 0.5) is 0 Å². The molecule has 0 amide bonds. The number of allylic oxidation sites excluding steroid dienone is 2. The van der Waals surface area contributed by atoms with Crippen LogP contribution in [0.1, 0.15) is 57.8 Å². The lowest BCUT2D eigenvalue weighted by molar-refractivity contribution is 0.156. The van der Waals surface area contributed by atoms with Crippen molar-refractivity contribution in [1.29, 1.82) is 0 Å². The largest absolute Gasteiger partial charge is 0.372 e. The fourth-order valence-electron chi connectivity index (χ4n) is 3.56. The maximum atomic E-state index is 2.78. The molecule has 1 aliphatic carbocycles. The molecule has 3 aliphatic rings. The van der Waals surface area contributed by atoms with Crippen molar-refractivity contribution < 1.29 is 0 Å². The van der Waals surface area contributed by atoms with Gasteiger partial charge in [-0.05, 0) is 57.8 Å². The molecule has 1 saturated heterocycles. The van der Waals surface area contributed by atoms with E-state index in [1.807, 2.05) is 5.57 Å². The summed E-state index contributed by atoms with van der Waals surface area (Å²) in [6, 6.07) is 0.931. The summed E-state index contributed by atoms with van der Waals surface area (Å²) in [5, 5.41) is 0. The summed E-state index contributed by atoms with van der Waals surface area (Å²) >= 11 is 0. The van der Waals surface area contributed by atoms with Gasteiger partial charge in [0.05, 0.1) is 0 Å². The monoisotopic (exact) mass is 191 g/mol. The summed E-state index contributed by atoms with van der Waals surface area (Å²) in [5.74, 6) is 0. The standard InChI is InChI=1S/C13H21N/c1-2-7-13-11(5-1)8-9-12-6-3-4-10-14(12)13/h12H,1-10H2. The first-order valence-electron chi connectivity index (χ1n) is 6.43. The van der Waals surface area contributed by atoms with Crippen molar-refractivity contribution in [2.24, 2.45) is 0 Å². The van der Waals surface area contributed by atoms with Crippen molar-refractivity contribution in [1.82, 2.24) is 4.90 Å². The van der Waals surface area contributed by atoms with Gasteiger partial charge in [-0.15, -0.1) is 0 Å². The number of fused-ring (bicyclic) bond motifs is 2. The van der Waals surface area contributed by atoms with E-state index in [1.54, 1.807) is 5.70 Å². The Balaban J connectivity index is 1.87. The average Bonchev–Trinajstić information content (AvgIpc) is 2.29. The first-order valence-corrected chi connectivity index (χ1v) is 6.43. The molecule has 0 radical (unpaired) electrons. The SMILES string of the molecule is C1CCC2=C(C1)CCC1CCCCN21. The minimum Gasteiger partial charge on any atom is -0.372 e. The van der Waals surface area contributed by atoms with Gasteiger partial charge < -0.3 is 4.90 Å². The zero-order chi connectivity index (χ0) is 9.38. The molecular weight excluding hydrogens is 170 g/mol. The van der Waals surface area contributed by atoms with Gasteiger partial charge in [-0.25, -0.2) is 0 Å². The van der Waals surface area contributed by atoms with Gasteiger partial charge in [0.25, 0.3) is 0 Å². The second kappa shape index (κ2) is 3.60. The van der Waals surface area contributed by atoms with E-state index in [2.05, 4.69) is 4.90 Å². The highest BCUT2D eigenvalue weighted by Gasteiger charge is 2.30. The summed E-state index contributed by atoms with van der Waals surface area (Å²) in [7, 11) is 0. The van der Waals surface area contributed by atoms with E-state index in [-0.39, 0.29) is 0 Å². The van der Waals surface area contributed by atoms with E-state index in [1.165, 1.54) is 64.3 Å². The number of hydrogen-bond acceptors (Lipinski definition) is 1. The Bertz CT molecular complexity index is 254. The lowest BCUT2D eigenvalue weighted by Crippen LogP contribution is -2.42. The van der Waals surface area contributed by atoms with Crippen molar-refractivity contribution >= 4 is 0 Å². The van der Waals surface area contributed by atoms with Crippen LogP contribution in [0, 0.1) is 0 Å². The molecule has 1 fully saturated rings. The number of hydrogen-bond donors (Lipinski definition) is 0. The van der Waals surface area contributed by atoms with Crippen LogP contribution in [0.5, 0.6) is 0 Å². The molecule has 0 aromatic carbocycles. The first-order chi connectivity index (χ1) is 6.95. The highest BCUT2D eigenvalue weighted by molar-refractivity contribution is 5.20. The topological polar surface area (TPSA) is 3.24 Å². The van der Waals surface area contributed by atoms with E-state index in [0.717, 1.165) is 6.04 Å². The van der Waals surface area contributed by atoms with Gasteiger partial charge in [-0.1, -0.05) is 5.57 Å². The third-order valence-electron chi connectivity index (χ3n) is 4.30. The molecule has 78 valence electrons. The Kier molecular flexibility index (Phi) is 2.27. The van der Waals surface area contributed by atoms with Crippen LogP contribution >= 0.6 is 0 Å². The molecule has 1 heteroatoms. The maximum Gasteiger partial charge on any atom is 0.0289 e. The summed E-state index contributed by atoms with van der Waals surface area (Å²) in [4.78, 5) is 2.78. The van der Waals surface area contributed by atoms with Crippen LogP contribution in [-0.4, -0.2) is 17.5 Å². The van der Waals surface area contributed by atoms with E-state index in [0.29, 0.717) is 0 Å². The fourth-order valence-corrected chi connectivity index (χ4v) is 3.56. The molecule has 2 heterocycles. The van der Waals surface area contributed by atoms with E-state index in [4.69, 9.17) is 0 Å². The summed E-state index contributed by atoms with van der Waals surface area (Å²) in [6.45, 7) is 1.36. The predicted molar refractivity (Wildman–Crippen MR) is 59.1 cm³/mol. The number of nitrogens with zero attached hydrogens (tertiary/aromatic N) is 1. The van der Waals surface area contributed by atoms with E-state index >= 15 is 0 Å². The van der Waals surface area contributed by atoms with Crippen LogP contribution in [0.15, 0.2) is 11.3 Å². The minimum atomic E-state index is 0.931. The van der Waals surface area contributed by atoms with Gasteiger partial charge in [0, 0.05) is 18.3 Å². The zero-order valence-electron chi connectivity index (χ0n) is 9.10. The molecule has 14 heavy (non-hydrogen) atoms. The fraction of sp³-hybridized carbons (Fsp3) is 0.846. The Hall–Kier alpha value is -0.460. The highest BCUT2D eigenvalue weighted by atomic mass is 15.2. The van der Waals surface area contributed by atoms with Gasteiger partial charge in [-0.2, -0.15) is 0 Å². The van der Waals surface area contributed by atoms with Gasteiger partial charge >= 0.3 is 0 Å². The molecule has 1 nitrogen and oxygen atoms in total. The second-order valence-corrected chi connectivity index (χ2v) is 5.14. The Morgan fingerprint density at radius 3 is 2.79 bits per heavy atom. The lowest BCUT2D eigenvalue weighted by Gasteiger charge is -2.45. The Morgan fingerprint density at radius 1 is 0.857 bits per heavy atom. The van der Waals surface area contributed by atoms with Gasteiger partial charge in [0.2, 0.25) is 0 Å². The first kappa shape index (κ1) is 8.82. The molecule has 3 rings (SSSR count). The summed E-state index contributed by atoms with van der Waals surface area (Å²) in [6.07, 6.45) is 13.0. The molecule has 1 atom stereocenters. The number of piperidine rings is 1. The third-order valence-corrected chi connectivity index (χ3v) is 4.30. The quantitative estimate of drug-likeness (QED) is 0.567. The van der Waals surface area contributed by atoms with Gasteiger partial charge in [0.1, 0.15) is 0 Å². The molecule has 0 N–H and O–H groups in total. The second-order valence-electron chi connectivity index (χ2n) is 5.14. The molecule has 0 spiro atoms. The van der Waals surface area contributed by atoms with Crippen molar-refractivity contribution in [2.45, 2.75) is 63.8 Å². The average molecular weight is 191 g/mol. The van der Waals surface area contributed by atoms with E-state index < -0.39 is 0 Å². The number of rotatable bonds is 0. The summed E-state index contributed by atoms with van der Waals surface area (Å²) < 4.78 is 0. The van der Waals surface area contributed by atoms with Crippen molar-refractivity contribution in [2.75, 3.05) is 6.54 Å². The van der Waals surface area contributed by atoms with Crippen LogP contribution in [0.25, 0.3) is 0 Å². The van der Waals surface area contributed by atoms with Crippen molar-refractivity contribution in [3.05, 3.63) is 11.3 Å². The minimum absolute atomic E-state index is 0.931. The summed E-state index contributed by atoms with van der Waals surface area (Å²) in [5.41, 5.74) is 3.61.